The Hall–Kier alpha value is -2.38. The van der Waals surface area contributed by atoms with Gasteiger partial charge in [0.2, 0.25) is 5.91 Å². The van der Waals surface area contributed by atoms with Crippen molar-refractivity contribution < 1.29 is 14.3 Å². The first-order valence-electron chi connectivity index (χ1n) is 8.37. The fourth-order valence-corrected chi connectivity index (χ4v) is 3.77. The normalized spacial score (nSPS) is 11.1. The Morgan fingerprint density at radius 1 is 1.35 bits per heavy atom. The maximum atomic E-state index is 13.1. The fraction of sp³-hybridized carbons (Fsp3) is 0.368. The van der Waals surface area contributed by atoms with Crippen LogP contribution >= 0.6 is 11.3 Å². The Morgan fingerprint density at radius 2 is 2.15 bits per heavy atom. The van der Waals surface area contributed by atoms with Crippen LogP contribution in [0.5, 0.6) is 5.75 Å². The van der Waals surface area contributed by atoms with E-state index < -0.39 is 0 Å². The molecule has 2 aromatic heterocycles. The zero-order chi connectivity index (χ0) is 18.7. The van der Waals surface area contributed by atoms with Crippen LogP contribution in [0.3, 0.4) is 0 Å². The molecule has 7 heteroatoms. The highest BCUT2D eigenvalue weighted by Gasteiger charge is 2.22. The van der Waals surface area contributed by atoms with Gasteiger partial charge in [-0.3, -0.25) is 9.69 Å². The van der Waals surface area contributed by atoms with Gasteiger partial charge in [-0.15, -0.1) is 11.3 Å². The highest BCUT2D eigenvalue weighted by Crippen LogP contribution is 2.30. The molecule has 0 aliphatic carbocycles. The molecule has 138 valence electrons. The molecular weight excluding hydrogens is 350 g/mol. The molecule has 0 aliphatic rings. The molecule has 6 nitrogen and oxygen atoms in total. The number of carbonyl (C=O) groups excluding carboxylic acids is 1. The lowest BCUT2D eigenvalue weighted by Gasteiger charge is -2.19. The fourth-order valence-electron chi connectivity index (χ4n) is 3.08. The number of benzene rings is 1. The largest absolute Gasteiger partial charge is 0.497 e. The summed E-state index contributed by atoms with van der Waals surface area (Å²) >= 11 is 1.45. The van der Waals surface area contributed by atoms with Crippen LogP contribution in [0.4, 0.5) is 5.13 Å². The summed E-state index contributed by atoms with van der Waals surface area (Å²) in [5.41, 5.74) is 3.18. The number of hydrogen-bond donors (Lipinski definition) is 0. The van der Waals surface area contributed by atoms with E-state index in [1.807, 2.05) is 37.6 Å². The number of aromatic nitrogens is 2. The average Bonchev–Trinajstić information content (AvgIpc) is 3.25. The second-order valence-electron chi connectivity index (χ2n) is 6.04. The molecule has 0 bridgehead atoms. The summed E-state index contributed by atoms with van der Waals surface area (Å²) in [5.74, 6) is 0.795. The van der Waals surface area contributed by atoms with E-state index in [1.165, 1.54) is 11.3 Å². The number of ether oxygens (including phenoxy) is 2. The number of amides is 1. The van der Waals surface area contributed by atoms with Crippen LogP contribution < -0.4 is 9.64 Å². The standard InChI is InChI=1S/C19H23N3O3S/c1-13-15(16-11-14(25-4)5-6-17(16)21(13)2)12-18(23)22(8-9-24-3)19-20-7-10-26-19/h5-7,10-11H,8-9,12H2,1-4H3. The van der Waals surface area contributed by atoms with Crippen molar-refractivity contribution in [2.75, 3.05) is 32.3 Å². The molecule has 0 saturated heterocycles. The summed E-state index contributed by atoms with van der Waals surface area (Å²) in [7, 11) is 5.30. The Morgan fingerprint density at radius 3 is 2.81 bits per heavy atom. The van der Waals surface area contributed by atoms with Gasteiger partial charge in [0.25, 0.3) is 0 Å². The van der Waals surface area contributed by atoms with Gasteiger partial charge >= 0.3 is 0 Å². The van der Waals surface area contributed by atoms with E-state index in [9.17, 15) is 4.79 Å². The lowest BCUT2D eigenvalue weighted by Crippen LogP contribution is -2.35. The van der Waals surface area contributed by atoms with Crippen molar-refractivity contribution in [1.82, 2.24) is 9.55 Å². The summed E-state index contributed by atoms with van der Waals surface area (Å²) in [6.07, 6.45) is 2.01. The van der Waals surface area contributed by atoms with Crippen molar-refractivity contribution in [2.24, 2.45) is 7.05 Å². The first kappa shape index (κ1) is 18.4. The molecular formula is C19H23N3O3S. The molecule has 1 amide bonds. The third-order valence-electron chi connectivity index (χ3n) is 4.63. The smallest absolute Gasteiger partial charge is 0.233 e. The minimum absolute atomic E-state index is 0.00965. The van der Waals surface area contributed by atoms with E-state index in [4.69, 9.17) is 9.47 Å². The van der Waals surface area contributed by atoms with Gasteiger partial charge < -0.3 is 14.0 Å². The number of aryl methyl sites for hydroxylation is 1. The van der Waals surface area contributed by atoms with Crippen molar-refractivity contribution in [3.8, 4) is 5.75 Å². The summed E-state index contributed by atoms with van der Waals surface area (Å²) in [4.78, 5) is 19.1. The summed E-state index contributed by atoms with van der Waals surface area (Å²) in [6, 6.07) is 5.96. The number of anilines is 1. The molecule has 0 fully saturated rings. The molecule has 0 spiro atoms. The van der Waals surface area contributed by atoms with Crippen LogP contribution in [0, 0.1) is 6.92 Å². The Balaban J connectivity index is 1.96. The van der Waals surface area contributed by atoms with Gasteiger partial charge in [-0.05, 0) is 30.7 Å². The highest BCUT2D eigenvalue weighted by molar-refractivity contribution is 7.13. The van der Waals surface area contributed by atoms with Gasteiger partial charge in [-0.25, -0.2) is 4.98 Å². The van der Waals surface area contributed by atoms with Crippen LogP contribution in [0.1, 0.15) is 11.3 Å². The van der Waals surface area contributed by atoms with Gasteiger partial charge in [0, 0.05) is 42.3 Å². The zero-order valence-corrected chi connectivity index (χ0v) is 16.3. The van der Waals surface area contributed by atoms with E-state index in [0.29, 0.717) is 24.7 Å². The van der Waals surface area contributed by atoms with Crippen molar-refractivity contribution >= 4 is 33.3 Å². The van der Waals surface area contributed by atoms with Crippen LogP contribution in [0.15, 0.2) is 29.8 Å². The predicted molar refractivity (Wildman–Crippen MR) is 104 cm³/mol. The molecule has 0 saturated carbocycles. The average molecular weight is 373 g/mol. The van der Waals surface area contributed by atoms with Crippen LogP contribution in [0.25, 0.3) is 10.9 Å². The van der Waals surface area contributed by atoms with Gasteiger partial charge in [-0.2, -0.15) is 0 Å². The Kier molecular flexibility index (Phi) is 5.58. The zero-order valence-electron chi connectivity index (χ0n) is 15.5. The maximum absolute atomic E-state index is 13.1. The number of fused-ring (bicyclic) bond motifs is 1. The number of carbonyl (C=O) groups is 1. The third-order valence-corrected chi connectivity index (χ3v) is 5.42. The molecule has 0 atom stereocenters. The number of methoxy groups -OCH3 is 2. The van der Waals surface area contributed by atoms with Crippen LogP contribution in [-0.4, -0.2) is 42.8 Å². The monoisotopic (exact) mass is 373 g/mol. The Labute approximate surface area is 157 Å². The second-order valence-corrected chi connectivity index (χ2v) is 6.91. The van der Waals surface area contributed by atoms with E-state index >= 15 is 0 Å². The first-order valence-corrected chi connectivity index (χ1v) is 9.25. The predicted octanol–water partition coefficient (Wildman–Crippen LogP) is 3.17. The van der Waals surface area contributed by atoms with E-state index in [1.54, 1.807) is 25.3 Å². The summed E-state index contributed by atoms with van der Waals surface area (Å²) < 4.78 is 12.6. The molecule has 0 radical (unpaired) electrons. The molecule has 3 aromatic rings. The van der Waals surface area contributed by atoms with Gasteiger partial charge in [0.05, 0.1) is 26.7 Å². The van der Waals surface area contributed by atoms with Crippen LogP contribution in [0.2, 0.25) is 0 Å². The molecule has 26 heavy (non-hydrogen) atoms. The summed E-state index contributed by atoms with van der Waals surface area (Å²) in [5, 5.41) is 3.61. The van der Waals surface area contributed by atoms with E-state index in [-0.39, 0.29) is 5.91 Å². The minimum Gasteiger partial charge on any atom is -0.497 e. The van der Waals surface area contributed by atoms with Gasteiger partial charge in [0.15, 0.2) is 5.13 Å². The summed E-state index contributed by atoms with van der Waals surface area (Å²) in [6.45, 7) is 2.99. The quantitative estimate of drug-likeness (QED) is 0.638. The van der Waals surface area contributed by atoms with E-state index in [0.717, 1.165) is 27.9 Å². The molecule has 0 N–H and O–H groups in total. The first-order chi connectivity index (χ1) is 12.6. The Bertz CT molecular complexity index is 903. The highest BCUT2D eigenvalue weighted by atomic mass is 32.1. The molecule has 2 heterocycles. The second kappa shape index (κ2) is 7.88. The third kappa shape index (κ3) is 3.45. The number of hydrogen-bond acceptors (Lipinski definition) is 5. The molecule has 0 unspecified atom stereocenters. The minimum atomic E-state index is 0.00965. The maximum Gasteiger partial charge on any atom is 0.233 e. The van der Waals surface area contributed by atoms with Crippen molar-refractivity contribution in [3.63, 3.8) is 0 Å². The van der Waals surface area contributed by atoms with Gasteiger partial charge in [-0.1, -0.05) is 0 Å². The van der Waals surface area contributed by atoms with Crippen molar-refractivity contribution in [2.45, 2.75) is 13.3 Å². The molecule has 0 aliphatic heterocycles. The van der Waals surface area contributed by atoms with E-state index in [2.05, 4.69) is 9.55 Å². The van der Waals surface area contributed by atoms with Gasteiger partial charge in [0.1, 0.15) is 5.75 Å². The number of thiazole rings is 1. The molecule has 1 aromatic carbocycles. The SMILES string of the molecule is COCCN(C(=O)Cc1c(C)n(C)c2ccc(OC)cc12)c1nccs1. The van der Waals surface area contributed by atoms with Crippen molar-refractivity contribution in [1.29, 1.82) is 0 Å². The lowest BCUT2D eigenvalue weighted by atomic mass is 10.1. The topological polar surface area (TPSA) is 56.6 Å². The number of nitrogens with zero attached hydrogens (tertiary/aromatic N) is 3. The lowest BCUT2D eigenvalue weighted by molar-refractivity contribution is -0.118. The van der Waals surface area contributed by atoms with Crippen molar-refractivity contribution in [3.05, 3.63) is 41.0 Å². The van der Waals surface area contributed by atoms with Crippen LogP contribution in [-0.2, 0) is 23.0 Å². The number of rotatable bonds is 7. The molecule has 3 rings (SSSR count).